The van der Waals surface area contributed by atoms with E-state index in [2.05, 4.69) is 9.46 Å². The zero-order valence-electron chi connectivity index (χ0n) is 14.4. The van der Waals surface area contributed by atoms with Gasteiger partial charge in [-0.2, -0.15) is 4.72 Å². The Hall–Kier alpha value is -1.89. The molecule has 0 spiro atoms. The third-order valence-electron chi connectivity index (χ3n) is 3.31. The van der Waals surface area contributed by atoms with Gasteiger partial charge in [0.1, 0.15) is 10.8 Å². The fraction of sp³-hybridized carbons (Fsp3) is 0.400. The molecule has 0 bridgehead atoms. The van der Waals surface area contributed by atoms with Crippen molar-refractivity contribution in [1.82, 2.24) is 9.62 Å². The van der Waals surface area contributed by atoms with Crippen molar-refractivity contribution >= 4 is 51.0 Å². The molecule has 1 aliphatic heterocycles. The first-order valence-corrected chi connectivity index (χ1v) is 11.1. The van der Waals surface area contributed by atoms with Gasteiger partial charge in [0.25, 0.3) is 10.0 Å². The van der Waals surface area contributed by atoms with Crippen molar-refractivity contribution in [3.05, 3.63) is 28.6 Å². The SMILES string of the molecule is COC(=O)/C=C1/SCC(=O)N1CCCOC(=O)CNS(=O)(=O)c1cccs1. The second kappa shape index (κ2) is 9.88. The molecule has 27 heavy (non-hydrogen) atoms. The van der Waals surface area contributed by atoms with E-state index >= 15 is 0 Å². The summed E-state index contributed by atoms with van der Waals surface area (Å²) in [5.74, 6) is -1.19. The van der Waals surface area contributed by atoms with Crippen LogP contribution in [0.15, 0.2) is 32.8 Å². The fourth-order valence-electron chi connectivity index (χ4n) is 2.03. The normalized spacial score (nSPS) is 16.0. The summed E-state index contributed by atoms with van der Waals surface area (Å²) in [6, 6.07) is 3.03. The minimum Gasteiger partial charge on any atom is -0.466 e. The molecular weight excluding hydrogens is 416 g/mol. The van der Waals surface area contributed by atoms with Crippen molar-refractivity contribution in [2.24, 2.45) is 0 Å². The first-order valence-electron chi connectivity index (χ1n) is 7.75. The molecule has 0 aromatic carbocycles. The van der Waals surface area contributed by atoms with Crippen molar-refractivity contribution in [1.29, 1.82) is 0 Å². The zero-order chi connectivity index (χ0) is 19.9. The first-order chi connectivity index (χ1) is 12.8. The first kappa shape index (κ1) is 21.4. The van der Waals surface area contributed by atoms with Crippen LogP contribution in [0, 0.1) is 0 Å². The largest absolute Gasteiger partial charge is 0.466 e. The predicted molar refractivity (Wildman–Crippen MR) is 99.4 cm³/mol. The van der Waals surface area contributed by atoms with E-state index in [1.165, 1.54) is 35.9 Å². The maximum atomic E-state index is 11.9. The molecule has 0 unspecified atom stereocenters. The lowest BCUT2D eigenvalue weighted by Crippen LogP contribution is -2.31. The average molecular weight is 435 g/mol. The molecule has 12 heteroatoms. The third kappa shape index (κ3) is 6.34. The van der Waals surface area contributed by atoms with Crippen LogP contribution < -0.4 is 4.72 Å². The van der Waals surface area contributed by atoms with Gasteiger partial charge in [-0.3, -0.25) is 9.59 Å². The number of hydrogen-bond donors (Lipinski definition) is 1. The smallest absolute Gasteiger partial charge is 0.333 e. The van der Waals surface area contributed by atoms with Crippen molar-refractivity contribution in [3.8, 4) is 0 Å². The number of nitrogens with one attached hydrogen (secondary N) is 1. The number of sulfonamides is 1. The summed E-state index contributed by atoms with van der Waals surface area (Å²) in [5.41, 5.74) is 0. The van der Waals surface area contributed by atoms with Crippen LogP contribution in [0.25, 0.3) is 0 Å². The Bertz CT molecular complexity index is 818. The van der Waals surface area contributed by atoms with Crippen LogP contribution in [0.2, 0.25) is 0 Å². The van der Waals surface area contributed by atoms with E-state index < -0.39 is 28.5 Å². The molecule has 148 valence electrons. The summed E-state index contributed by atoms with van der Waals surface area (Å²) in [6.45, 7) is -0.200. The third-order valence-corrected chi connectivity index (χ3v) is 7.13. The molecule has 2 rings (SSSR count). The number of rotatable bonds is 9. The minimum absolute atomic E-state index is 0.0134. The Balaban J connectivity index is 1.73. The molecule has 9 nitrogen and oxygen atoms in total. The molecule has 0 radical (unpaired) electrons. The van der Waals surface area contributed by atoms with Crippen molar-refractivity contribution in [3.63, 3.8) is 0 Å². The van der Waals surface area contributed by atoms with Crippen LogP contribution in [-0.4, -0.2) is 63.7 Å². The number of ether oxygens (including phenoxy) is 2. The number of nitrogens with zero attached hydrogens (tertiary/aromatic N) is 1. The number of esters is 2. The zero-order valence-corrected chi connectivity index (χ0v) is 16.8. The highest BCUT2D eigenvalue weighted by molar-refractivity contribution is 8.04. The standard InChI is InChI=1S/C15H18N2O7S3/c1-23-13(19)8-12-17(11(18)10-26-12)5-3-6-24-14(20)9-16-27(21,22)15-4-2-7-25-15/h2,4,7-8,16H,3,5-6,9-10H2,1H3/b12-8+. The second-order valence-electron chi connectivity index (χ2n) is 5.17. The van der Waals surface area contributed by atoms with Gasteiger partial charge >= 0.3 is 11.9 Å². The highest BCUT2D eigenvalue weighted by Gasteiger charge is 2.27. The predicted octanol–water partition coefficient (Wildman–Crippen LogP) is 0.550. The van der Waals surface area contributed by atoms with Crippen molar-refractivity contribution < 1.29 is 32.3 Å². The van der Waals surface area contributed by atoms with Gasteiger partial charge in [-0.25, -0.2) is 13.2 Å². The summed E-state index contributed by atoms with van der Waals surface area (Å²) in [6.07, 6.45) is 1.58. The number of amides is 1. The van der Waals surface area contributed by atoms with Gasteiger partial charge < -0.3 is 14.4 Å². The lowest BCUT2D eigenvalue weighted by molar-refractivity contribution is -0.142. The Labute approximate surface area is 164 Å². The lowest BCUT2D eigenvalue weighted by Gasteiger charge is -2.16. The summed E-state index contributed by atoms with van der Waals surface area (Å²) in [5, 5.41) is 2.11. The number of methoxy groups -OCH3 is 1. The van der Waals surface area contributed by atoms with Crippen molar-refractivity contribution in [2.45, 2.75) is 10.6 Å². The summed E-state index contributed by atoms with van der Waals surface area (Å²) < 4.78 is 35.6. The Morgan fingerprint density at radius 1 is 1.41 bits per heavy atom. The number of carbonyl (C=O) groups excluding carboxylic acids is 3. The van der Waals surface area contributed by atoms with Gasteiger partial charge in [-0.05, 0) is 17.9 Å². The fourth-order valence-corrected chi connectivity index (χ4v) is 4.99. The van der Waals surface area contributed by atoms with Crippen LogP contribution in [0.4, 0.5) is 0 Å². The number of thioether (sulfide) groups is 1. The summed E-state index contributed by atoms with van der Waals surface area (Å²) >= 11 is 2.27. The monoisotopic (exact) mass is 434 g/mol. The van der Waals surface area contributed by atoms with Crippen molar-refractivity contribution in [2.75, 3.05) is 32.6 Å². The van der Waals surface area contributed by atoms with Crippen LogP contribution in [0.3, 0.4) is 0 Å². The molecule has 0 atom stereocenters. The quantitative estimate of drug-likeness (QED) is 0.340. The van der Waals surface area contributed by atoms with E-state index in [-0.39, 0.29) is 29.0 Å². The molecule has 1 aliphatic rings. The number of carbonyl (C=O) groups is 3. The Kier molecular flexibility index (Phi) is 7.83. The number of hydrogen-bond acceptors (Lipinski definition) is 9. The van der Waals surface area contributed by atoms with Crippen LogP contribution in [-0.2, 0) is 33.9 Å². The van der Waals surface area contributed by atoms with E-state index in [4.69, 9.17) is 4.74 Å². The molecule has 0 aliphatic carbocycles. The molecule has 0 saturated carbocycles. The second-order valence-corrected chi connectivity index (χ2v) is 9.11. The van der Waals surface area contributed by atoms with Gasteiger partial charge in [-0.1, -0.05) is 17.8 Å². The maximum Gasteiger partial charge on any atom is 0.333 e. The lowest BCUT2D eigenvalue weighted by atomic mass is 10.4. The van der Waals surface area contributed by atoms with E-state index in [9.17, 15) is 22.8 Å². The van der Waals surface area contributed by atoms with Gasteiger partial charge in [0.15, 0.2) is 0 Å². The average Bonchev–Trinajstić information content (AvgIpc) is 3.29. The topological polar surface area (TPSA) is 119 Å². The van der Waals surface area contributed by atoms with E-state index in [0.29, 0.717) is 11.4 Å². The molecule has 1 aromatic heterocycles. The molecular formula is C15H18N2O7S3. The summed E-state index contributed by atoms with van der Waals surface area (Å²) in [4.78, 5) is 36.2. The molecule has 2 heterocycles. The van der Waals surface area contributed by atoms with Crippen LogP contribution in [0.1, 0.15) is 6.42 Å². The number of thiophene rings is 1. The highest BCUT2D eigenvalue weighted by atomic mass is 32.2. The van der Waals surface area contributed by atoms with Gasteiger partial charge in [0, 0.05) is 6.54 Å². The summed E-state index contributed by atoms with van der Waals surface area (Å²) in [7, 11) is -2.48. The van der Waals surface area contributed by atoms with E-state index in [1.807, 2.05) is 0 Å². The van der Waals surface area contributed by atoms with Crippen LogP contribution in [0.5, 0.6) is 0 Å². The molecule has 1 aromatic rings. The highest BCUT2D eigenvalue weighted by Crippen LogP contribution is 2.28. The van der Waals surface area contributed by atoms with Gasteiger partial charge in [0.2, 0.25) is 5.91 Å². The Morgan fingerprint density at radius 3 is 2.85 bits per heavy atom. The molecule has 1 N–H and O–H groups in total. The van der Waals surface area contributed by atoms with E-state index in [0.717, 1.165) is 11.3 Å². The van der Waals surface area contributed by atoms with Crippen LogP contribution >= 0.6 is 23.1 Å². The minimum atomic E-state index is -3.72. The molecule has 1 amide bonds. The van der Waals surface area contributed by atoms with Gasteiger partial charge in [0.05, 0.1) is 30.6 Å². The van der Waals surface area contributed by atoms with E-state index in [1.54, 1.807) is 11.4 Å². The Morgan fingerprint density at radius 2 is 2.19 bits per heavy atom. The molecule has 1 fully saturated rings. The van der Waals surface area contributed by atoms with Gasteiger partial charge in [-0.15, -0.1) is 11.3 Å². The molecule has 1 saturated heterocycles. The maximum absolute atomic E-state index is 11.9.